The molecule has 0 radical (unpaired) electrons. The van der Waals surface area contributed by atoms with Gasteiger partial charge in [0.05, 0.1) is 19.3 Å². The normalized spacial score (nSPS) is 17.9. The molecule has 1 heterocycles. The van der Waals surface area contributed by atoms with Crippen LogP contribution in [-0.2, 0) is 11.3 Å². The van der Waals surface area contributed by atoms with Gasteiger partial charge < -0.3 is 14.8 Å². The summed E-state index contributed by atoms with van der Waals surface area (Å²) in [4.78, 5) is 0. The average Bonchev–Trinajstić information content (AvgIpc) is 2.24. The minimum Gasteiger partial charge on any atom is -0.496 e. The summed E-state index contributed by atoms with van der Waals surface area (Å²) in [6, 6.07) is 5.95. The second kappa shape index (κ2) is 4.73. The van der Waals surface area contributed by atoms with Gasteiger partial charge in [0.2, 0.25) is 0 Å². The molecule has 1 N–H and O–H groups in total. The quantitative estimate of drug-likeness (QED) is 0.921. The molecule has 1 fully saturated rings. The Morgan fingerprint density at radius 1 is 1.44 bits per heavy atom. The summed E-state index contributed by atoms with van der Waals surface area (Å²) in [6.45, 7) is 4.54. The van der Waals surface area contributed by atoms with Crippen LogP contribution < -0.4 is 10.1 Å². The first-order valence-electron chi connectivity index (χ1n) is 5.30. The van der Waals surface area contributed by atoms with Crippen molar-refractivity contribution in [2.45, 2.75) is 19.1 Å². The Morgan fingerprint density at radius 2 is 2.19 bits per heavy atom. The van der Waals surface area contributed by atoms with Gasteiger partial charge in [-0.2, -0.15) is 0 Å². The largest absolute Gasteiger partial charge is 0.496 e. The molecule has 3 nitrogen and oxygen atoms in total. The number of rotatable bonds is 4. The molecule has 1 aromatic carbocycles. The fraction of sp³-hybridized carbons (Fsp3) is 0.500. The van der Waals surface area contributed by atoms with Crippen molar-refractivity contribution in [2.24, 2.45) is 0 Å². The van der Waals surface area contributed by atoms with Crippen molar-refractivity contribution >= 4 is 15.9 Å². The highest BCUT2D eigenvalue weighted by Crippen LogP contribution is 2.26. The lowest BCUT2D eigenvalue weighted by Crippen LogP contribution is -2.58. The molecular weight excluding hydrogens is 270 g/mol. The van der Waals surface area contributed by atoms with E-state index in [4.69, 9.17) is 9.47 Å². The highest BCUT2D eigenvalue weighted by atomic mass is 79.9. The predicted octanol–water partition coefficient (Wildman–Crippen LogP) is 2.34. The van der Waals surface area contributed by atoms with Gasteiger partial charge in [-0.3, -0.25) is 0 Å². The maximum Gasteiger partial charge on any atom is 0.124 e. The van der Waals surface area contributed by atoms with E-state index in [0.717, 1.165) is 28.9 Å². The van der Waals surface area contributed by atoms with Gasteiger partial charge in [-0.25, -0.2) is 0 Å². The van der Waals surface area contributed by atoms with Gasteiger partial charge in [-0.1, -0.05) is 15.9 Å². The molecule has 0 amide bonds. The van der Waals surface area contributed by atoms with Gasteiger partial charge in [-0.15, -0.1) is 0 Å². The van der Waals surface area contributed by atoms with E-state index in [1.165, 1.54) is 0 Å². The fourth-order valence-electron chi connectivity index (χ4n) is 1.69. The maximum atomic E-state index is 5.89. The standard InChI is InChI=1S/C12H16BrNO2/c1-12(7-14-8-12)16-6-9-5-10(13)3-4-11(9)15-2/h3-5,14H,6-8H2,1-2H3. The van der Waals surface area contributed by atoms with E-state index >= 15 is 0 Å². The molecule has 0 bridgehead atoms. The molecule has 0 saturated carbocycles. The highest BCUT2D eigenvalue weighted by Gasteiger charge is 2.32. The third kappa shape index (κ3) is 2.56. The summed E-state index contributed by atoms with van der Waals surface area (Å²) in [7, 11) is 1.68. The van der Waals surface area contributed by atoms with Crippen molar-refractivity contribution in [1.82, 2.24) is 5.32 Å². The van der Waals surface area contributed by atoms with Gasteiger partial charge >= 0.3 is 0 Å². The monoisotopic (exact) mass is 285 g/mol. The smallest absolute Gasteiger partial charge is 0.124 e. The maximum absolute atomic E-state index is 5.89. The third-order valence-corrected chi connectivity index (χ3v) is 3.31. The molecule has 0 atom stereocenters. The zero-order valence-corrected chi connectivity index (χ0v) is 11.1. The van der Waals surface area contributed by atoms with E-state index in [9.17, 15) is 0 Å². The predicted molar refractivity (Wildman–Crippen MR) is 66.8 cm³/mol. The molecule has 0 aromatic heterocycles. The molecule has 16 heavy (non-hydrogen) atoms. The van der Waals surface area contributed by atoms with Crippen LogP contribution in [0.15, 0.2) is 22.7 Å². The molecule has 1 saturated heterocycles. The number of methoxy groups -OCH3 is 1. The summed E-state index contributed by atoms with van der Waals surface area (Å²) in [5.41, 5.74) is 1.05. The Labute approximate surface area is 104 Å². The van der Waals surface area contributed by atoms with Gasteiger partial charge in [-0.05, 0) is 25.1 Å². The van der Waals surface area contributed by atoms with Crippen LogP contribution in [0.1, 0.15) is 12.5 Å². The van der Waals surface area contributed by atoms with Crippen LogP contribution in [0.4, 0.5) is 0 Å². The Kier molecular flexibility index (Phi) is 3.52. The van der Waals surface area contributed by atoms with E-state index in [-0.39, 0.29) is 5.60 Å². The third-order valence-electron chi connectivity index (χ3n) is 2.82. The molecule has 0 unspecified atom stereocenters. The summed E-state index contributed by atoms with van der Waals surface area (Å²) >= 11 is 3.45. The van der Waals surface area contributed by atoms with Gasteiger partial charge in [0, 0.05) is 23.1 Å². The fourth-order valence-corrected chi connectivity index (χ4v) is 2.10. The van der Waals surface area contributed by atoms with Crippen molar-refractivity contribution in [3.05, 3.63) is 28.2 Å². The topological polar surface area (TPSA) is 30.5 Å². The Bertz CT molecular complexity index is 377. The first-order valence-corrected chi connectivity index (χ1v) is 6.09. The minimum atomic E-state index is -0.0205. The lowest BCUT2D eigenvalue weighted by Gasteiger charge is -2.39. The first-order chi connectivity index (χ1) is 7.63. The van der Waals surface area contributed by atoms with Crippen LogP contribution in [0, 0.1) is 0 Å². The zero-order chi connectivity index (χ0) is 11.6. The summed E-state index contributed by atoms with van der Waals surface area (Å²) in [5, 5.41) is 3.21. The SMILES string of the molecule is COc1ccc(Br)cc1COC1(C)CNC1. The lowest BCUT2D eigenvalue weighted by atomic mass is 10.00. The number of ether oxygens (including phenoxy) is 2. The van der Waals surface area contributed by atoms with Crippen molar-refractivity contribution < 1.29 is 9.47 Å². The van der Waals surface area contributed by atoms with Crippen LogP contribution in [0.5, 0.6) is 5.75 Å². The van der Waals surface area contributed by atoms with Crippen molar-refractivity contribution in [3.8, 4) is 5.75 Å². The number of halogens is 1. The van der Waals surface area contributed by atoms with E-state index < -0.39 is 0 Å². The molecule has 0 aliphatic carbocycles. The Morgan fingerprint density at radius 3 is 2.75 bits per heavy atom. The van der Waals surface area contributed by atoms with Crippen LogP contribution in [0.2, 0.25) is 0 Å². The van der Waals surface area contributed by atoms with Gasteiger partial charge in [0.1, 0.15) is 5.75 Å². The molecule has 0 spiro atoms. The van der Waals surface area contributed by atoms with Gasteiger partial charge in [0.25, 0.3) is 0 Å². The molecule has 4 heteroatoms. The molecule has 1 aromatic rings. The highest BCUT2D eigenvalue weighted by molar-refractivity contribution is 9.10. The van der Waals surface area contributed by atoms with Crippen molar-refractivity contribution in [3.63, 3.8) is 0 Å². The average molecular weight is 286 g/mol. The van der Waals surface area contributed by atoms with E-state index in [0.29, 0.717) is 6.61 Å². The number of benzene rings is 1. The van der Waals surface area contributed by atoms with Crippen molar-refractivity contribution in [1.29, 1.82) is 0 Å². The van der Waals surface area contributed by atoms with Crippen LogP contribution in [0.3, 0.4) is 0 Å². The molecule has 1 aliphatic heterocycles. The van der Waals surface area contributed by atoms with Crippen LogP contribution in [-0.4, -0.2) is 25.8 Å². The minimum absolute atomic E-state index is 0.0205. The molecular formula is C12H16BrNO2. The van der Waals surface area contributed by atoms with Crippen LogP contribution in [0.25, 0.3) is 0 Å². The van der Waals surface area contributed by atoms with Gasteiger partial charge in [0.15, 0.2) is 0 Å². The number of hydrogen-bond donors (Lipinski definition) is 1. The van der Waals surface area contributed by atoms with E-state index in [2.05, 4.69) is 28.2 Å². The number of hydrogen-bond acceptors (Lipinski definition) is 3. The summed E-state index contributed by atoms with van der Waals surface area (Å²) in [6.07, 6.45) is 0. The number of nitrogens with one attached hydrogen (secondary N) is 1. The second-order valence-electron chi connectivity index (χ2n) is 4.30. The second-order valence-corrected chi connectivity index (χ2v) is 5.21. The van der Waals surface area contributed by atoms with E-state index in [1.807, 2.05) is 18.2 Å². The van der Waals surface area contributed by atoms with Crippen LogP contribution >= 0.6 is 15.9 Å². The zero-order valence-electron chi connectivity index (χ0n) is 9.55. The molecule has 2 rings (SSSR count). The summed E-state index contributed by atoms with van der Waals surface area (Å²) < 4.78 is 12.2. The first kappa shape index (κ1) is 11.9. The Balaban J connectivity index is 2.04. The molecule has 88 valence electrons. The van der Waals surface area contributed by atoms with Crippen molar-refractivity contribution in [2.75, 3.05) is 20.2 Å². The lowest BCUT2D eigenvalue weighted by molar-refractivity contribution is -0.0771. The molecule has 1 aliphatic rings. The summed E-state index contributed by atoms with van der Waals surface area (Å²) in [5.74, 6) is 0.874. The Hall–Kier alpha value is -0.580. The van der Waals surface area contributed by atoms with E-state index in [1.54, 1.807) is 7.11 Å².